The molecule has 0 saturated carbocycles. The Kier molecular flexibility index (Phi) is 9.78. The first-order valence-electron chi connectivity index (χ1n) is 15.9. The Bertz CT molecular complexity index is 1530. The summed E-state index contributed by atoms with van der Waals surface area (Å²) in [5, 5.41) is 1.19. The predicted octanol–water partition coefficient (Wildman–Crippen LogP) is 5.93. The van der Waals surface area contributed by atoms with Gasteiger partial charge in [0.25, 0.3) is 0 Å². The summed E-state index contributed by atoms with van der Waals surface area (Å²) < 4.78 is 16.4. The zero-order chi connectivity index (χ0) is 30.3. The molecule has 2 fully saturated rings. The zero-order valence-electron chi connectivity index (χ0n) is 26.0. The minimum absolute atomic E-state index is 0.380. The number of benzene rings is 2. The molecule has 0 spiro atoms. The van der Waals surface area contributed by atoms with Crippen LogP contribution >= 0.6 is 0 Å². The number of nitrogens with one attached hydrogen (secondary N) is 1. The maximum atomic E-state index is 12.8. The molecule has 2 saturated heterocycles. The third-order valence-electron chi connectivity index (χ3n) is 9.04. The number of piperazine rings is 1. The van der Waals surface area contributed by atoms with Crippen molar-refractivity contribution in [1.29, 1.82) is 0 Å². The molecule has 6 rings (SSSR count). The molecular weight excluding hydrogens is 552 g/mol. The van der Waals surface area contributed by atoms with Crippen molar-refractivity contribution in [3.63, 3.8) is 0 Å². The van der Waals surface area contributed by atoms with E-state index >= 15 is 0 Å². The average molecular weight is 597 g/mol. The molecule has 2 aliphatic heterocycles. The molecule has 1 N–H and O–H groups in total. The number of pyridine rings is 1. The van der Waals surface area contributed by atoms with Gasteiger partial charge in [0.15, 0.2) is 0 Å². The van der Waals surface area contributed by atoms with Gasteiger partial charge in [0, 0.05) is 91.6 Å². The van der Waals surface area contributed by atoms with Crippen molar-refractivity contribution < 1.29 is 19.0 Å². The van der Waals surface area contributed by atoms with E-state index < -0.39 is 0 Å². The number of aryl methyl sites for hydroxylation is 2. The number of ether oxygens (including phenoxy) is 3. The fourth-order valence-corrected chi connectivity index (χ4v) is 6.51. The number of aromatic amines is 1. The molecule has 2 aromatic carbocycles. The molecule has 2 aromatic heterocycles. The monoisotopic (exact) mass is 596 g/mol. The number of nitrogens with zero attached hydrogens (tertiary/aromatic N) is 3. The highest BCUT2D eigenvalue weighted by Crippen LogP contribution is 2.29. The number of rotatable bonds is 11. The van der Waals surface area contributed by atoms with E-state index in [0.29, 0.717) is 24.7 Å². The molecule has 4 aromatic rings. The van der Waals surface area contributed by atoms with Crippen LogP contribution in [0.15, 0.2) is 60.8 Å². The van der Waals surface area contributed by atoms with Crippen LogP contribution in [0, 0.1) is 5.92 Å². The van der Waals surface area contributed by atoms with Crippen molar-refractivity contribution >= 4 is 22.4 Å². The van der Waals surface area contributed by atoms with Crippen LogP contribution in [0.2, 0.25) is 0 Å². The lowest BCUT2D eigenvalue weighted by Gasteiger charge is -2.36. The Balaban J connectivity index is 1.05. The number of hydrogen-bond donors (Lipinski definition) is 1. The molecule has 4 heterocycles. The van der Waals surface area contributed by atoms with Crippen molar-refractivity contribution in [1.82, 2.24) is 14.9 Å². The average Bonchev–Trinajstić information content (AvgIpc) is 3.32. The first-order chi connectivity index (χ1) is 21.6. The van der Waals surface area contributed by atoms with E-state index in [1.807, 2.05) is 12.3 Å². The van der Waals surface area contributed by atoms with Crippen LogP contribution in [-0.4, -0.2) is 80.8 Å². The Morgan fingerprint density at radius 1 is 0.932 bits per heavy atom. The van der Waals surface area contributed by atoms with Gasteiger partial charge in [-0.3, -0.25) is 14.7 Å². The van der Waals surface area contributed by atoms with Crippen LogP contribution in [0.5, 0.6) is 11.5 Å². The smallest absolute Gasteiger partial charge is 0.147 e. The molecule has 1 atom stereocenters. The van der Waals surface area contributed by atoms with Crippen molar-refractivity contribution in [2.45, 2.75) is 38.5 Å². The van der Waals surface area contributed by atoms with Crippen LogP contribution in [0.25, 0.3) is 22.2 Å². The molecule has 8 nitrogen and oxygen atoms in total. The number of hydrogen-bond acceptors (Lipinski definition) is 7. The van der Waals surface area contributed by atoms with Gasteiger partial charge in [-0.05, 0) is 86.1 Å². The Morgan fingerprint density at radius 3 is 2.55 bits per heavy atom. The summed E-state index contributed by atoms with van der Waals surface area (Å²) in [5.41, 5.74) is 6.77. The molecule has 44 heavy (non-hydrogen) atoms. The van der Waals surface area contributed by atoms with Gasteiger partial charge in [-0.15, -0.1) is 0 Å². The van der Waals surface area contributed by atoms with E-state index in [2.05, 4.69) is 68.3 Å². The van der Waals surface area contributed by atoms with Crippen molar-refractivity contribution in [3.8, 4) is 22.8 Å². The highest BCUT2D eigenvalue weighted by molar-refractivity contribution is 5.88. The fraction of sp³-hybridized carbons (Fsp3) is 0.444. The van der Waals surface area contributed by atoms with E-state index in [4.69, 9.17) is 14.2 Å². The maximum absolute atomic E-state index is 12.8. The minimum Gasteiger partial charge on any atom is -0.497 e. The number of fused-ring (bicyclic) bond motifs is 1. The number of carbonyl (C=O) groups is 1. The van der Waals surface area contributed by atoms with E-state index in [1.54, 1.807) is 14.2 Å². The van der Waals surface area contributed by atoms with E-state index in [-0.39, 0.29) is 0 Å². The quantitative estimate of drug-likeness (QED) is 0.230. The van der Waals surface area contributed by atoms with Crippen LogP contribution in [0.3, 0.4) is 0 Å². The van der Waals surface area contributed by atoms with E-state index in [9.17, 15) is 4.79 Å². The lowest BCUT2D eigenvalue weighted by atomic mass is 9.94. The van der Waals surface area contributed by atoms with Crippen LogP contribution < -0.4 is 14.4 Å². The molecule has 2 aliphatic rings. The lowest BCUT2D eigenvalue weighted by Crippen LogP contribution is -2.48. The van der Waals surface area contributed by atoms with Crippen molar-refractivity contribution in [2.75, 3.05) is 65.1 Å². The van der Waals surface area contributed by atoms with Gasteiger partial charge < -0.3 is 24.1 Å². The van der Waals surface area contributed by atoms with Gasteiger partial charge in [0.1, 0.15) is 17.3 Å². The number of H-pyrrole nitrogens is 1. The number of Topliss-reactive ketones (excluding diaryl/α,β-unsaturated/α-hetero) is 1. The molecule has 8 heteroatoms. The van der Waals surface area contributed by atoms with Crippen LogP contribution in [-0.2, 0) is 22.4 Å². The third kappa shape index (κ3) is 7.60. The summed E-state index contributed by atoms with van der Waals surface area (Å²) in [6.45, 7) is 5.90. The van der Waals surface area contributed by atoms with Gasteiger partial charge in [0.2, 0.25) is 0 Å². The van der Waals surface area contributed by atoms with Gasteiger partial charge in [-0.1, -0.05) is 6.07 Å². The summed E-state index contributed by atoms with van der Waals surface area (Å²) in [6.07, 6.45) is 7.47. The normalized spacial score (nSPS) is 17.9. The SMILES string of the molecule is COc1cc(CCc2cc(-c3cc4ccc(N5CCN(CC(=O)CC6CCCOCC6)CC5)cc4[nH]3)ccn2)cc(OC)c1. The number of anilines is 1. The molecule has 1 unspecified atom stereocenters. The summed E-state index contributed by atoms with van der Waals surface area (Å²) >= 11 is 0. The predicted molar refractivity (Wildman–Crippen MR) is 175 cm³/mol. The molecular formula is C36H44N4O4. The van der Waals surface area contributed by atoms with Crippen molar-refractivity contribution in [3.05, 3.63) is 72.1 Å². The Morgan fingerprint density at radius 2 is 1.75 bits per heavy atom. The zero-order valence-corrected chi connectivity index (χ0v) is 26.0. The first kappa shape index (κ1) is 30.2. The largest absolute Gasteiger partial charge is 0.497 e. The topological polar surface area (TPSA) is 79.9 Å². The first-order valence-corrected chi connectivity index (χ1v) is 15.9. The van der Waals surface area contributed by atoms with Gasteiger partial charge in [-0.2, -0.15) is 0 Å². The van der Waals surface area contributed by atoms with Crippen LogP contribution in [0.1, 0.15) is 36.9 Å². The highest BCUT2D eigenvalue weighted by atomic mass is 16.5. The number of methoxy groups -OCH3 is 2. The Hall–Kier alpha value is -3.88. The molecule has 0 radical (unpaired) electrons. The van der Waals surface area contributed by atoms with Gasteiger partial charge in [0.05, 0.1) is 20.8 Å². The highest BCUT2D eigenvalue weighted by Gasteiger charge is 2.22. The fourth-order valence-electron chi connectivity index (χ4n) is 6.51. The second-order valence-electron chi connectivity index (χ2n) is 12.1. The summed E-state index contributed by atoms with van der Waals surface area (Å²) in [6, 6.07) is 19.1. The molecule has 232 valence electrons. The lowest BCUT2D eigenvalue weighted by molar-refractivity contribution is -0.121. The molecule has 0 bridgehead atoms. The van der Waals surface area contributed by atoms with Gasteiger partial charge in [-0.25, -0.2) is 0 Å². The number of ketones is 1. The molecule has 0 amide bonds. The van der Waals surface area contributed by atoms with Gasteiger partial charge >= 0.3 is 0 Å². The number of aromatic nitrogens is 2. The Labute approximate surface area is 260 Å². The third-order valence-corrected chi connectivity index (χ3v) is 9.04. The number of carbonyl (C=O) groups excluding carboxylic acids is 1. The van der Waals surface area contributed by atoms with E-state index in [0.717, 1.165) is 111 Å². The van der Waals surface area contributed by atoms with Crippen LogP contribution in [0.4, 0.5) is 5.69 Å². The second kappa shape index (κ2) is 14.3. The summed E-state index contributed by atoms with van der Waals surface area (Å²) in [5.74, 6) is 2.47. The summed E-state index contributed by atoms with van der Waals surface area (Å²) in [4.78, 5) is 25.8. The second-order valence-corrected chi connectivity index (χ2v) is 12.1. The maximum Gasteiger partial charge on any atom is 0.147 e. The summed E-state index contributed by atoms with van der Waals surface area (Å²) in [7, 11) is 3.35. The minimum atomic E-state index is 0.380. The standard InChI is InChI=1S/C36H44N4O4/c1-42-33-19-27(20-34(24-33)43-2)5-7-30-21-29(9-11-37-30)35-22-28-6-8-31(23-36(28)38-35)40-14-12-39(13-15-40)25-32(41)18-26-4-3-16-44-17-10-26/h6,8-9,11,19-24,26,38H,3-5,7,10,12-18,25H2,1-2H3. The van der Waals surface area contributed by atoms with E-state index in [1.165, 1.54) is 11.1 Å². The molecule has 0 aliphatic carbocycles. The van der Waals surface area contributed by atoms with Crippen molar-refractivity contribution in [2.24, 2.45) is 5.92 Å².